The van der Waals surface area contributed by atoms with Crippen LogP contribution in [-0.4, -0.2) is 19.1 Å². The molecule has 1 heterocycles. The Morgan fingerprint density at radius 1 is 0.962 bits per heavy atom. The normalized spacial score (nSPS) is 16.9. The van der Waals surface area contributed by atoms with E-state index < -0.39 is 23.0 Å². The van der Waals surface area contributed by atoms with Crippen molar-refractivity contribution in [1.29, 1.82) is 0 Å². The molecule has 7 heteroatoms. The summed E-state index contributed by atoms with van der Waals surface area (Å²) in [5, 5.41) is 2.69. The summed E-state index contributed by atoms with van der Waals surface area (Å²) in [4.78, 5) is 13.0. The first kappa shape index (κ1) is 18.4. The number of alkyl halides is 3. The van der Waals surface area contributed by atoms with Crippen molar-refractivity contribution in [2.45, 2.75) is 24.4 Å². The molecule has 1 N–H and O–H groups in total. The second kappa shape index (κ2) is 7.07. The summed E-state index contributed by atoms with van der Waals surface area (Å²) in [6, 6.07) is 9.99. The predicted molar refractivity (Wildman–Crippen MR) is 88.2 cm³/mol. The number of carbonyl (C=O) groups excluding carboxylic acids is 1. The highest BCUT2D eigenvalue weighted by atomic mass is 19.4. The number of rotatable bonds is 3. The van der Waals surface area contributed by atoms with Crippen molar-refractivity contribution in [3.05, 3.63) is 65.5 Å². The van der Waals surface area contributed by atoms with Gasteiger partial charge in [-0.05, 0) is 54.8 Å². The summed E-state index contributed by atoms with van der Waals surface area (Å²) in [6.45, 7) is 0.746. The van der Waals surface area contributed by atoms with Crippen LogP contribution >= 0.6 is 0 Å². The van der Waals surface area contributed by atoms with Gasteiger partial charge in [-0.2, -0.15) is 13.2 Å². The van der Waals surface area contributed by atoms with Crippen LogP contribution in [0.15, 0.2) is 48.5 Å². The van der Waals surface area contributed by atoms with E-state index in [1.54, 1.807) is 12.1 Å². The van der Waals surface area contributed by atoms with E-state index in [4.69, 9.17) is 4.74 Å². The number of anilines is 1. The maximum absolute atomic E-state index is 13.2. The third-order valence-corrected chi connectivity index (χ3v) is 4.65. The molecule has 0 unspecified atom stereocenters. The molecule has 138 valence electrons. The summed E-state index contributed by atoms with van der Waals surface area (Å²) < 4.78 is 56.6. The summed E-state index contributed by atoms with van der Waals surface area (Å²) in [5.74, 6) is -0.744. The predicted octanol–water partition coefficient (Wildman–Crippen LogP) is 4.53. The Kier molecular flexibility index (Phi) is 5.00. The van der Waals surface area contributed by atoms with Crippen molar-refractivity contribution in [3.63, 3.8) is 0 Å². The lowest BCUT2D eigenvalue weighted by Crippen LogP contribution is -2.44. The van der Waals surface area contributed by atoms with E-state index in [9.17, 15) is 22.4 Å². The topological polar surface area (TPSA) is 38.3 Å². The SMILES string of the molecule is O=C(Nc1ccc(C(F)(F)F)cc1)C1(c2ccc(F)cc2)CCOCC1. The third-order valence-electron chi connectivity index (χ3n) is 4.65. The Hall–Kier alpha value is -2.41. The minimum Gasteiger partial charge on any atom is -0.381 e. The maximum Gasteiger partial charge on any atom is 0.416 e. The molecule has 1 saturated heterocycles. The van der Waals surface area contributed by atoms with Crippen molar-refractivity contribution < 1.29 is 27.1 Å². The van der Waals surface area contributed by atoms with Gasteiger partial charge in [-0.3, -0.25) is 4.79 Å². The molecule has 0 spiro atoms. The molecule has 1 amide bonds. The number of benzene rings is 2. The number of hydrogen-bond donors (Lipinski definition) is 1. The number of halogens is 4. The third kappa shape index (κ3) is 3.72. The Morgan fingerprint density at radius 2 is 1.54 bits per heavy atom. The molecule has 0 bridgehead atoms. The van der Waals surface area contributed by atoms with Gasteiger partial charge in [-0.25, -0.2) is 4.39 Å². The molecule has 0 aromatic heterocycles. The standard InChI is InChI=1S/C19H17F4NO2/c20-15-5-1-13(2-6-15)18(9-11-26-12-10-18)17(25)24-16-7-3-14(4-8-16)19(21,22)23/h1-8H,9-12H2,(H,24,25). The van der Waals surface area contributed by atoms with Crippen molar-refractivity contribution in [3.8, 4) is 0 Å². The molecule has 3 nitrogen and oxygen atoms in total. The summed E-state index contributed by atoms with van der Waals surface area (Å²) in [6.07, 6.45) is -3.62. The van der Waals surface area contributed by atoms with E-state index >= 15 is 0 Å². The molecule has 0 saturated carbocycles. The highest BCUT2D eigenvalue weighted by Gasteiger charge is 2.41. The van der Waals surface area contributed by atoms with Gasteiger partial charge in [-0.15, -0.1) is 0 Å². The largest absolute Gasteiger partial charge is 0.416 e. The fourth-order valence-electron chi connectivity index (χ4n) is 3.13. The zero-order chi connectivity index (χ0) is 18.8. The van der Waals surface area contributed by atoms with Gasteiger partial charge >= 0.3 is 6.18 Å². The van der Waals surface area contributed by atoms with E-state index in [0.29, 0.717) is 31.6 Å². The first-order valence-electron chi connectivity index (χ1n) is 8.14. The van der Waals surface area contributed by atoms with E-state index in [-0.39, 0.29) is 11.6 Å². The minimum absolute atomic E-state index is 0.274. The van der Waals surface area contributed by atoms with Gasteiger partial charge in [0.05, 0.1) is 11.0 Å². The van der Waals surface area contributed by atoms with Crippen molar-refractivity contribution in [1.82, 2.24) is 0 Å². The van der Waals surface area contributed by atoms with Crippen LogP contribution in [0.25, 0.3) is 0 Å². The van der Waals surface area contributed by atoms with Gasteiger partial charge in [0, 0.05) is 18.9 Å². The fourth-order valence-corrected chi connectivity index (χ4v) is 3.13. The summed E-state index contributed by atoms with van der Waals surface area (Å²) in [5.41, 5.74) is -0.758. The van der Waals surface area contributed by atoms with Crippen molar-refractivity contribution in [2.24, 2.45) is 0 Å². The molecule has 2 aromatic rings. The number of nitrogens with one attached hydrogen (secondary N) is 1. The smallest absolute Gasteiger partial charge is 0.381 e. The molecule has 1 aliphatic rings. The average molecular weight is 367 g/mol. The van der Waals surface area contributed by atoms with Crippen LogP contribution in [-0.2, 0) is 21.1 Å². The molecule has 26 heavy (non-hydrogen) atoms. The van der Waals surface area contributed by atoms with Gasteiger partial charge in [0.25, 0.3) is 0 Å². The first-order chi connectivity index (χ1) is 12.3. The van der Waals surface area contributed by atoms with Crippen LogP contribution in [0.3, 0.4) is 0 Å². The summed E-state index contributed by atoms with van der Waals surface area (Å²) in [7, 11) is 0. The zero-order valence-corrected chi connectivity index (χ0v) is 13.8. The molecule has 2 aromatic carbocycles. The Balaban J connectivity index is 1.85. The van der Waals surface area contributed by atoms with E-state index in [0.717, 1.165) is 12.1 Å². The highest BCUT2D eigenvalue weighted by Crippen LogP contribution is 2.36. The number of amides is 1. The molecule has 0 radical (unpaired) electrons. The van der Waals surface area contributed by atoms with Gasteiger partial charge in [0.2, 0.25) is 5.91 Å². The van der Waals surface area contributed by atoms with E-state index in [2.05, 4.69) is 5.32 Å². The monoisotopic (exact) mass is 367 g/mol. The maximum atomic E-state index is 13.2. The Bertz CT molecular complexity index is 764. The molecule has 3 rings (SSSR count). The van der Waals surface area contributed by atoms with E-state index in [1.807, 2.05) is 0 Å². The lowest BCUT2D eigenvalue weighted by atomic mass is 9.73. The fraction of sp³-hybridized carbons (Fsp3) is 0.316. The summed E-state index contributed by atoms with van der Waals surface area (Å²) >= 11 is 0. The average Bonchev–Trinajstić information content (AvgIpc) is 2.62. The van der Waals surface area contributed by atoms with Crippen LogP contribution < -0.4 is 5.32 Å². The van der Waals surface area contributed by atoms with Gasteiger partial charge in [0.15, 0.2) is 0 Å². The van der Waals surface area contributed by atoms with Gasteiger partial charge in [-0.1, -0.05) is 12.1 Å². The van der Waals surface area contributed by atoms with Gasteiger partial charge < -0.3 is 10.1 Å². The number of carbonyl (C=O) groups is 1. The van der Waals surface area contributed by atoms with Crippen LogP contribution in [0.5, 0.6) is 0 Å². The molecule has 0 atom stereocenters. The number of ether oxygens (including phenoxy) is 1. The van der Waals surface area contributed by atoms with E-state index in [1.165, 1.54) is 24.3 Å². The molecule has 1 aliphatic heterocycles. The van der Waals surface area contributed by atoms with Crippen LogP contribution in [0.2, 0.25) is 0 Å². The Morgan fingerprint density at radius 3 is 2.08 bits per heavy atom. The van der Waals surface area contributed by atoms with Crippen LogP contribution in [0, 0.1) is 5.82 Å². The van der Waals surface area contributed by atoms with Crippen molar-refractivity contribution in [2.75, 3.05) is 18.5 Å². The minimum atomic E-state index is -4.43. The Labute approximate surface area is 148 Å². The van der Waals surface area contributed by atoms with Gasteiger partial charge in [0.1, 0.15) is 5.82 Å². The molecular weight excluding hydrogens is 350 g/mol. The number of hydrogen-bond acceptors (Lipinski definition) is 2. The first-order valence-corrected chi connectivity index (χ1v) is 8.14. The molecule has 1 fully saturated rings. The zero-order valence-electron chi connectivity index (χ0n) is 13.8. The second-order valence-corrected chi connectivity index (χ2v) is 6.23. The lowest BCUT2D eigenvalue weighted by molar-refractivity contribution is -0.137. The highest BCUT2D eigenvalue weighted by molar-refractivity contribution is 5.99. The van der Waals surface area contributed by atoms with Crippen LogP contribution in [0.4, 0.5) is 23.2 Å². The second-order valence-electron chi connectivity index (χ2n) is 6.23. The van der Waals surface area contributed by atoms with Crippen LogP contribution in [0.1, 0.15) is 24.0 Å². The quantitative estimate of drug-likeness (QED) is 0.810. The lowest BCUT2D eigenvalue weighted by Gasteiger charge is -2.36. The van der Waals surface area contributed by atoms with Crippen molar-refractivity contribution >= 4 is 11.6 Å². The molecular formula is C19H17F4NO2. The molecule has 0 aliphatic carbocycles.